The number of hydrogen-bond acceptors (Lipinski definition) is 6. The Bertz CT molecular complexity index is 725. The number of hydrogen-bond donors (Lipinski definition) is 0. The van der Waals surface area contributed by atoms with Crippen LogP contribution in [-0.2, 0) is 0 Å². The van der Waals surface area contributed by atoms with Crippen LogP contribution in [0.25, 0.3) is 0 Å². The van der Waals surface area contributed by atoms with Crippen molar-refractivity contribution in [3.8, 4) is 28.7 Å². The smallest absolute Gasteiger partial charge is 0.138 e. The summed E-state index contributed by atoms with van der Waals surface area (Å²) in [6.45, 7) is 0. The fourth-order valence-corrected chi connectivity index (χ4v) is 3.38. The Morgan fingerprint density at radius 2 is 1.24 bits per heavy atom. The van der Waals surface area contributed by atoms with E-state index in [-0.39, 0.29) is 5.48 Å². The molecule has 0 aromatic heterocycles. The first-order chi connectivity index (χ1) is 12.1. The zero-order valence-corrected chi connectivity index (χ0v) is 15.7. The van der Waals surface area contributed by atoms with Crippen molar-refractivity contribution < 1.29 is 28.8 Å². The van der Waals surface area contributed by atoms with E-state index in [2.05, 4.69) is 0 Å². The molecule has 0 saturated carbocycles. The molecule has 2 rings (SSSR count). The average Bonchev–Trinajstić information content (AvgIpc) is 2.66. The first-order valence-corrected chi connectivity index (χ1v) is 8.26. The lowest BCUT2D eigenvalue weighted by molar-refractivity contribution is -0.207. The summed E-state index contributed by atoms with van der Waals surface area (Å²) in [6, 6.07) is 8.61. The highest BCUT2D eigenvalue weighted by molar-refractivity contribution is 7.49. The lowest BCUT2D eigenvalue weighted by Gasteiger charge is -2.20. The molecular formula is C18H20O6P-. The monoisotopic (exact) mass is 363 g/mol. The van der Waals surface area contributed by atoms with E-state index in [0.717, 1.165) is 0 Å². The van der Waals surface area contributed by atoms with Crippen molar-refractivity contribution in [2.24, 2.45) is 0 Å². The summed E-state index contributed by atoms with van der Waals surface area (Å²) >= 11 is 0. The highest BCUT2D eigenvalue weighted by atomic mass is 31.1. The summed E-state index contributed by atoms with van der Waals surface area (Å²) in [5.74, 6) is 2.47. The second-order valence-electron chi connectivity index (χ2n) is 4.84. The SMILES string of the molecule is COc1cc(OC)c(P=C([O-])c2c(OC)cccc2OC)c(OC)c1. The van der Waals surface area contributed by atoms with E-state index < -0.39 is 0 Å². The Hall–Kier alpha value is -2.43. The molecule has 0 radical (unpaired) electrons. The van der Waals surface area contributed by atoms with Crippen LogP contribution in [0.1, 0.15) is 5.56 Å². The molecule has 2 aromatic carbocycles. The fraction of sp³-hybridized carbons (Fsp3) is 0.278. The van der Waals surface area contributed by atoms with Crippen LogP contribution >= 0.6 is 8.20 Å². The number of rotatable bonds is 7. The van der Waals surface area contributed by atoms with E-state index in [0.29, 0.717) is 47.8 Å². The summed E-state index contributed by atoms with van der Waals surface area (Å²) in [5.41, 5.74) is 0.171. The largest absolute Gasteiger partial charge is 0.823 e. The minimum Gasteiger partial charge on any atom is -0.823 e. The number of methoxy groups -OCH3 is 5. The molecule has 0 bridgehead atoms. The molecule has 0 amide bonds. The van der Waals surface area contributed by atoms with Crippen LogP contribution in [0.3, 0.4) is 0 Å². The second kappa shape index (κ2) is 8.60. The average molecular weight is 363 g/mol. The molecule has 0 unspecified atom stereocenters. The van der Waals surface area contributed by atoms with Crippen molar-refractivity contribution in [1.82, 2.24) is 0 Å². The minimum atomic E-state index is -0.198. The van der Waals surface area contributed by atoms with Crippen molar-refractivity contribution in [3.63, 3.8) is 0 Å². The van der Waals surface area contributed by atoms with Crippen molar-refractivity contribution in [1.29, 1.82) is 0 Å². The van der Waals surface area contributed by atoms with Gasteiger partial charge < -0.3 is 28.8 Å². The van der Waals surface area contributed by atoms with Crippen molar-refractivity contribution in [2.75, 3.05) is 35.5 Å². The zero-order chi connectivity index (χ0) is 18.4. The molecule has 0 atom stereocenters. The van der Waals surface area contributed by atoms with Crippen molar-refractivity contribution >= 4 is 19.0 Å². The lowest BCUT2D eigenvalue weighted by Crippen LogP contribution is -2.20. The van der Waals surface area contributed by atoms with Crippen LogP contribution < -0.4 is 34.1 Å². The van der Waals surface area contributed by atoms with Gasteiger partial charge in [-0.1, -0.05) is 19.8 Å². The highest BCUT2D eigenvalue weighted by Crippen LogP contribution is 2.33. The molecule has 134 valence electrons. The molecule has 7 heteroatoms. The molecule has 0 N–H and O–H groups in total. The van der Waals surface area contributed by atoms with Crippen LogP contribution in [-0.4, -0.2) is 41.0 Å². The number of benzene rings is 2. The van der Waals surface area contributed by atoms with E-state index in [9.17, 15) is 5.11 Å². The number of ether oxygens (including phenoxy) is 5. The Balaban J connectivity index is 2.65. The molecular weight excluding hydrogens is 343 g/mol. The van der Waals surface area contributed by atoms with Gasteiger partial charge >= 0.3 is 0 Å². The standard InChI is InChI=1S/C18H21O6P/c1-20-11-9-14(23-4)17(15(10-11)24-5)25-18(19)16-12(21-2)7-6-8-13(16)22-3/h6-10,19H,1-5H3/p-1. The normalized spacial score (nSPS) is 11.0. The van der Waals surface area contributed by atoms with E-state index in [4.69, 9.17) is 23.7 Å². The Kier molecular flexibility index (Phi) is 6.51. The maximum atomic E-state index is 12.9. The van der Waals surface area contributed by atoms with Gasteiger partial charge in [-0.15, -0.1) is 0 Å². The molecule has 0 saturated heterocycles. The third kappa shape index (κ3) is 3.98. The Morgan fingerprint density at radius 1 is 0.760 bits per heavy atom. The molecule has 0 spiro atoms. The quantitative estimate of drug-likeness (QED) is 0.700. The summed E-state index contributed by atoms with van der Waals surface area (Å²) < 4.78 is 26.6. The lowest BCUT2D eigenvalue weighted by atomic mass is 10.2. The van der Waals surface area contributed by atoms with Crippen LogP contribution in [0.4, 0.5) is 0 Å². The van der Waals surface area contributed by atoms with Gasteiger partial charge in [-0.25, -0.2) is 0 Å². The Labute approximate surface area is 148 Å². The van der Waals surface area contributed by atoms with Gasteiger partial charge in [0.25, 0.3) is 0 Å². The minimum absolute atomic E-state index is 0.198. The summed E-state index contributed by atoms with van der Waals surface area (Å²) in [6.07, 6.45) is 0. The van der Waals surface area contributed by atoms with Gasteiger partial charge in [0.05, 0.1) is 40.9 Å². The molecule has 0 aliphatic rings. The summed E-state index contributed by atoms with van der Waals surface area (Å²) in [4.78, 5) is 0. The van der Waals surface area contributed by atoms with Gasteiger partial charge in [-0.3, -0.25) is 0 Å². The van der Waals surface area contributed by atoms with Gasteiger partial charge in [-0.05, 0) is 12.1 Å². The van der Waals surface area contributed by atoms with Gasteiger partial charge in [0, 0.05) is 17.7 Å². The van der Waals surface area contributed by atoms with E-state index in [1.165, 1.54) is 28.4 Å². The fourth-order valence-electron chi connectivity index (χ4n) is 2.32. The second-order valence-corrected chi connectivity index (χ2v) is 5.91. The molecule has 0 aliphatic carbocycles. The van der Waals surface area contributed by atoms with Gasteiger partial charge in [0.15, 0.2) is 0 Å². The van der Waals surface area contributed by atoms with Gasteiger partial charge in [0.2, 0.25) is 0 Å². The third-order valence-electron chi connectivity index (χ3n) is 3.54. The molecule has 0 fully saturated rings. The van der Waals surface area contributed by atoms with Gasteiger partial charge in [-0.2, -0.15) is 0 Å². The summed E-state index contributed by atoms with van der Waals surface area (Å²) in [5, 5.41) is 13.6. The molecule has 0 heterocycles. The van der Waals surface area contributed by atoms with Gasteiger partial charge in [0.1, 0.15) is 28.7 Å². The van der Waals surface area contributed by atoms with Crippen molar-refractivity contribution in [2.45, 2.75) is 0 Å². The highest BCUT2D eigenvalue weighted by Gasteiger charge is 2.14. The van der Waals surface area contributed by atoms with Crippen LogP contribution in [0.5, 0.6) is 28.7 Å². The predicted molar refractivity (Wildman–Crippen MR) is 96.3 cm³/mol. The maximum absolute atomic E-state index is 12.9. The van der Waals surface area contributed by atoms with E-state index >= 15 is 0 Å². The zero-order valence-electron chi connectivity index (χ0n) is 14.8. The Morgan fingerprint density at radius 3 is 1.64 bits per heavy atom. The van der Waals surface area contributed by atoms with E-state index in [1.807, 2.05) is 0 Å². The molecule has 6 nitrogen and oxygen atoms in total. The van der Waals surface area contributed by atoms with Crippen LogP contribution in [0.15, 0.2) is 30.3 Å². The maximum Gasteiger partial charge on any atom is 0.138 e. The van der Waals surface area contributed by atoms with E-state index in [1.54, 1.807) is 37.4 Å². The molecule has 25 heavy (non-hydrogen) atoms. The van der Waals surface area contributed by atoms with Crippen LogP contribution in [0, 0.1) is 0 Å². The van der Waals surface area contributed by atoms with Crippen molar-refractivity contribution in [3.05, 3.63) is 35.9 Å². The summed E-state index contributed by atoms with van der Waals surface area (Å²) in [7, 11) is 8.00. The topological polar surface area (TPSA) is 69.2 Å². The molecule has 0 aliphatic heterocycles. The first kappa shape index (κ1) is 18.9. The predicted octanol–water partition coefficient (Wildman–Crippen LogP) is 1.84. The third-order valence-corrected chi connectivity index (χ3v) is 4.64. The molecule has 2 aromatic rings. The first-order valence-electron chi connectivity index (χ1n) is 7.36. The van der Waals surface area contributed by atoms with Crippen LogP contribution in [0.2, 0.25) is 0 Å².